The van der Waals surface area contributed by atoms with Crippen LogP contribution in [0.25, 0.3) is 10.8 Å². The van der Waals surface area contributed by atoms with Gasteiger partial charge >= 0.3 is 5.97 Å². The first-order chi connectivity index (χ1) is 9.83. The van der Waals surface area contributed by atoms with E-state index in [1.165, 1.54) is 16.3 Å². The van der Waals surface area contributed by atoms with Crippen LogP contribution in [0.4, 0.5) is 0 Å². The number of carbonyl (C=O) groups is 1. The zero-order chi connectivity index (χ0) is 13.5. The van der Waals surface area contributed by atoms with Gasteiger partial charge in [0.2, 0.25) is 0 Å². The second kappa shape index (κ2) is 4.48. The molecule has 20 heavy (non-hydrogen) atoms. The number of rotatable bonds is 2. The highest BCUT2D eigenvalue weighted by atomic mass is 16.6. The first-order valence-corrected chi connectivity index (χ1v) is 7.17. The second-order valence-electron chi connectivity index (χ2n) is 5.67. The SMILES string of the molecule is O=C1OC2CC=CC2C1Cc1cccc2ccccc12. The number of carbonyl (C=O) groups excluding carboxylic acids is 1. The number of hydrogen-bond acceptors (Lipinski definition) is 2. The Hall–Kier alpha value is -2.09. The van der Waals surface area contributed by atoms with Crippen LogP contribution in [-0.4, -0.2) is 12.1 Å². The maximum absolute atomic E-state index is 12.1. The van der Waals surface area contributed by atoms with Gasteiger partial charge in [0.1, 0.15) is 6.10 Å². The lowest BCUT2D eigenvalue weighted by Gasteiger charge is -2.13. The number of ether oxygens (including phenoxy) is 1. The third-order valence-corrected chi connectivity index (χ3v) is 4.51. The molecule has 0 bridgehead atoms. The van der Waals surface area contributed by atoms with Crippen LogP contribution >= 0.6 is 0 Å². The van der Waals surface area contributed by atoms with Crippen LogP contribution in [0.15, 0.2) is 54.6 Å². The monoisotopic (exact) mass is 264 g/mol. The van der Waals surface area contributed by atoms with Crippen molar-refractivity contribution < 1.29 is 9.53 Å². The van der Waals surface area contributed by atoms with Gasteiger partial charge in [-0.05, 0) is 22.8 Å². The molecule has 2 nitrogen and oxygen atoms in total. The minimum Gasteiger partial charge on any atom is -0.461 e. The van der Waals surface area contributed by atoms with Crippen molar-refractivity contribution in [2.75, 3.05) is 0 Å². The van der Waals surface area contributed by atoms with Gasteiger partial charge in [0.25, 0.3) is 0 Å². The first kappa shape index (κ1) is 11.7. The van der Waals surface area contributed by atoms with Crippen LogP contribution in [0, 0.1) is 11.8 Å². The molecule has 2 aromatic carbocycles. The third-order valence-electron chi connectivity index (χ3n) is 4.51. The molecule has 0 radical (unpaired) electrons. The van der Waals surface area contributed by atoms with Gasteiger partial charge < -0.3 is 4.74 Å². The highest BCUT2D eigenvalue weighted by molar-refractivity contribution is 5.86. The molecule has 3 atom stereocenters. The Bertz CT molecular complexity index is 696. The molecule has 2 aliphatic rings. The zero-order valence-corrected chi connectivity index (χ0v) is 11.2. The van der Waals surface area contributed by atoms with E-state index in [1.807, 2.05) is 6.07 Å². The number of fused-ring (bicyclic) bond motifs is 2. The van der Waals surface area contributed by atoms with Gasteiger partial charge in [-0.25, -0.2) is 0 Å². The minimum atomic E-state index is -0.0303. The molecule has 0 aromatic heterocycles. The molecule has 1 aliphatic heterocycles. The van der Waals surface area contributed by atoms with Gasteiger partial charge in [-0.3, -0.25) is 4.79 Å². The van der Waals surface area contributed by atoms with Crippen molar-refractivity contribution in [3.05, 3.63) is 60.2 Å². The van der Waals surface area contributed by atoms with Crippen LogP contribution in [0.1, 0.15) is 12.0 Å². The number of hydrogen-bond donors (Lipinski definition) is 0. The van der Waals surface area contributed by atoms with E-state index in [0.29, 0.717) is 0 Å². The standard InChI is InChI=1S/C18H16O2/c19-18-16(15-9-4-10-17(15)20-18)11-13-7-3-6-12-5-1-2-8-14(12)13/h1-9,15-17H,10-11H2. The van der Waals surface area contributed by atoms with E-state index in [9.17, 15) is 4.79 Å². The lowest BCUT2D eigenvalue weighted by atomic mass is 9.86. The van der Waals surface area contributed by atoms with Crippen molar-refractivity contribution in [1.82, 2.24) is 0 Å². The third kappa shape index (κ3) is 1.75. The quantitative estimate of drug-likeness (QED) is 0.613. The molecule has 100 valence electrons. The summed E-state index contributed by atoms with van der Waals surface area (Å²) in [6.07, 6.45) is 6.03. The molecular formula is C18H16O2. The average Bonchev–Trinajstić information content (AvgIpc) is 3.02. The van der Waals surface area contributed by atoms with E-state index in [-0.39, 0.29) is 23.9 Å². The fourth-order valence-corrected chi connectivity index (χ4v) is 3.49. The molecule has 1 fully saturated rings. The molecule has 0 saturated carbocycles. The van der Waals surface area contributed by atoms with Gasteiger partial charge in [-0.15, -0.1) is 0 Å². The zero-order valence-electron chi connectivity index (χ0n) is 11.2. The Morgan fingerprint density at radius 1 is 1.10 bits per heavy atom. The van der Waals surface area contributed by atoms with Crippen molar-refractivity contribution >= 4 is 16.7 Å². The first-order valence-electron chi connectivity index (χ1n) is 7.17. The normalized spacial score (nSPS) is 27.8. The predicted octanol–water partition coefficient (Wildman–Crippen LogP) is 3.50. The summed E-state index contributed by atoms with van der Waals surface area (Å²) >= 11 is 0. The maximum atomic E-state index is 12.1. The Balaban J connectivity index is 1.71. The summed E-state index contributed by atoms with van der Waals surface area (Å²) in [7, 11) is 0. The molecule has 0 spiro atoms. The van der Waals surface area contributed by atoms with E-state index in [2.05, 4.69) is 48.6 Å². The lowest BCUT2D eigenvalue weighted by Crippen LogP contribution is -2.18. The van der Waals surface area contributed by atoms with Gasteiger partial charge in [-0.2, -0.15) is 0 Å². The highest BCUT2D eigenvalue weighted by Crippen LogP contribution is 2.38. The number of esters is 1. The van der Waals surface area contributed by atoms with Crippen LogP contribution in [0.2, 0.25) is 0 Å². The fourth-order valence-electron chi connectivity index (χ4n) is 3.49. The van der Waals surface area contributed by atoms with Crippen LogP contribution in [0.3, 0.4) is 0 Å². The minimum absolute atomic E-state index is 0.0236. The number of benzene rings is 2. The largest absolute Gasteiger partial charge is 0.461 e. The van der Waals surface area contributed by atoms with Crippen molar-refractivity contribution in [3.63, 3.8) is 0 Å². The summed E-state index contributed by atoms with van der Waals surface area (Å²) in [6.45, 7) is 0. The van der Waals surface area contributed by atoms with Crippen LogP contribution in [-0.2, 0) is 16.0 Å². The molecule has 2 aromatic rings. The van der Waals surface area contributed by atoms with Gasteiger partial charge in [0.05, 0.1) is 5.92 Å². The van der Waals surface area contributed by atoms with Crippen molar-refractivity contribution in [3.8, 4) is 0 Å². The topological polar surface area (TPSA) is 26.3 Å². The van der Waals surface area contributed by atoms with E-state index in [1.54, 1.807) is 0 Å². The Morgan fingerprint density at radius 3 is 2.90 bits per heavy atom. The fraction of sp³-hybridized carbons (Fsp3) is 0.278. The summed E-state index contributed by atoms with van der Waals surface area (Å²) in [5.41, 5.74) is 1.24. The van der Waals surface area contributed by atoms with Crippen molar-refractivity contribution in [1.29, 1.82) is 0 Å². The second-order valence-corrected chi connectivity index (χ2v) is 5.67. The summed E-state index contributed by atoms with van der Waals surface area (Å²) in [6, 6.07) is 14.7. The molecule has 0 amide bonds. The van der Waals surface area contributed by atoms with E-state index in [4.69, 9.17) is 4.74 Å². The van der Waals surface area contributed by atoms with Crippen molar-refractivity contribution in [2.45, 2.75) is 18.9 Å². The average molecular weight is 264 g/mol. The smallest absolute Gasteiger partial charge is 0.310 e. The van der Waals surface area contributed by atoms with E-state index < -0.39 is 0 Å². The summed E-state index contributed by atoms with van der Waals surface area (Å²) < 4.78 is 5.48. The Labute approximate surface area is 118 Å². The maximum Gasteiger partial charge on any atom is 0.310 e. The summed E-state index contributed by atoms with van der Waals surface area (Å²) in [4.78, 5) is 12.1. The lowest BCUT2D eigenvalue weighted by molar-refractivity contribution is -0.144. The molecule has 1 aliphatic carbocycles. The molecule has 1 saturated heterocycles. The van der Waals surface area contributed by atoms with Crippen LogP contribution < -0.4 is 0 Å². The Kier molecular flexibility index (Phi) is 2.62. The van der Waals surface area contributed by atoms with E-state index >= 15 is 0 Å². The van der Waals surface area contributed by atoms with E-state index in [0.717, 1.165) is 12.8 Å². The van der Waals surface area contributed by atoms with Gasteiger partial charge in [-0.1, -0.05) is 54.6 Å². The Morgan fingerprint density at radius 2 is 1.95 bits per heavy atom. The van der Waals surface area contributed by atoms with Gasteiger partial charge in [0, 0.05) is 12.3 Å². The highest BCUT2D eigenvalue weighted by Gasteiger charge is 2.44. The molecule has 1 heterocycles. The molecular weight excluding hydrogens is 248 g/mol. The summed E-state index contributed by atoms with van der Waals surface area (Å²) in [5.74, 6) is 0.211. The summed E-state index contributed by atoms with van der Waals surface area (Å²) in [5, 5.41) is 2.48. The van der Waals surface area contributed by atoms with Gasteiger partial charge in [0.15, 0.2) is 0 Å². The molecule has 3 unspecified atom stereocenters. The van der Waals surface area contributed by atoms with Crippen LogP contribution in [0.5, 0.6) is 0 Å². The molecule has 4 rings (SSSR count). The molecule has 0 N–H and O–H groups in total. The predicted molar refractivity (Wildman–Crippen MR) is 78.3 cm³/mol. The van der Waals surface area contributed by atoms with Crippen molar-refractivity contribution in [2.24, 2.45) is 11.8 Å². The molecule has 2 heteroatoms.